The van der Waals surface area contributed by atoms with Crippen LogP contribution in [0.5, 0.6) is 0 Å². The van der Waals surface area contributed by atoms with E-state index in [2.05, 4.69) is 5.32 Å². The number of amides is 1. The normalized spacial score (nSPS) is 23.2. The third-order valence-electron chi connectivity index (χ3n) is 3.87. The molecule has 0 aromatic heterocycles. The SMILES string of the molecule is O=C(O)[C@H]1CCC[C@H]1C(=O)N[C@@H](CO)c1ccccc1. The summed E-state index contributed by atoms with van der Waals surface area (Å²) in [5.74, 6) is -2.30. The summed E-state index contributed by atoms with van der Waals surface area (Å²) in [6.07, 6.45) is 1.89. The maximum Gasteiger partial charge on any atom is 0.307 e. The van der Waals surface area contributed by atoms with Crippen molar-refractivity contribution in [3.05, 3.63) is 35.9 Å². The van der Waals surface area contributed by atoms with Crippen molar-refractivity contribution < 1.29 is 19.8 Å². The zero-order chi connectivity index (χ0) is 14.5. The van der Waals surface area contributed by atoms with Crippen molar-refractivity contribution in [1.82, 2.24) is 5.32 Å². The van der Waals surface area contributed by atoms with E-state index in [-0.39, 0.29) is 12.5 Å². The Morgan fingerprint density at radius 1 is 1.20 bits per heavy atom. The van der Waals surface area contributed by atoms with Gasteiger partial charge in [-0.2, -0.15) is 0 Å². The zero-order valence-electron chi connectivity index (χ0n) is 11.2. The Balaban J connectivity index is 2.04. The van der Waals surface area contributed by atoms with Gasteiger partial charge in [0.2, 0.25) is 5.91 Å². The molecule has 3 N–H and O–H groups in total. The molecule has 0 saturated heterocycles. The summed E-state index contributed by atoms with van der Waals surface area (Å²) >= 11 is 0. The van der Waals surface area contributed by atoms with Gasteiger partial charge in [0.05, 0.1) is 24.5 Å². The number of aliphatic carboxylic acids is 1. The molecule has 1 saturated carbocycles. The number of carbonyl (C=O) groups excluding carboxylic acids is 1. The van der Waals surface area contributed by atoms with Crippen molar-refractivity contribution in [1.29, 1.82) is 0 Å². The highest BCUT2D eigenvalue weighted by Crippen LogP contribution is 2.32. The Morgan fingerprint density at radius 2 is 1.85 bits per heavy atom. The van der Waals surface area contributed by atoms with Gasteiger partial charge in [-0.1, -0.05) is 36.8 Å². The van der Waals surface area contributed by atoms with Gasteiger partial charge in [-0.15, -0.1) is 0 Å². The van der Waals surface area contributed by atoms with Crippen LogP contribution in [-0.2, 0) is 9.59 Å². The van der Waals surface area contributed by atoms with Crippen molar-refractivity contribution in [2.24, 2.45) is 11.8 Å². The molecule has 108 valence electrons. The summed E-state index contributed by atoms with van der Waals surface area (Å²) in [4.78, 5) is 23.3. The number of hydrogen-bond acceptors (Lipinski definition) is 3. The van der Waals surface area contributed by atoms with Crippen LogP contribution in [0.25, 0.3) is 0 Å². The lowest BCUT2D eigenvalue weighted by atomic mass is 9.94. The third-order valence-corrected chi connectivity index (χ3v) is 3.87. The minimum Gasteiger partial charge on any atom is -0.481 e. The summed E-state index contributed by atoms with van der Waals surface area (Å²) in [5, 5.41) is 21.3. The Hall–Kier alpha value is -1.88. The molecule has 0 unspecified atom stereocenters. The van der Waals surface area contributed by atoms with E-state index in [9.17, 15) is 14.7 Å². The number of carboxylic acids is 1. The first-order chi connectivity index (χ1) is 9.63. The first-order valence-corrected chi connectivity index (χ1v) is 6.82. The van der Waals surface area contributed by atoms with Crippen LogP contribution in [0.3, 0.4) is 0 Å². The summed E-state index contributed by atoms with van der Waals surface area (Å²) in [6.45, 7) is -0.208. The molecule has 0 bridgehead atoms. The molecule has 2 rings (SSSR count). The standard InChI is InChI=1S/C15H19NO4/c17-9-13(10-5-2-1-3-6-10)16-14(18)11-7-4-8-12(11)15(19)20/h1-3,5-6,11-13,17H,4,7-9H2,(H,16,18)(H,19,20)/t11-,12+,13+/m1/s1. The number of nitrogens with one attached hydrogen (secondary N) is 1. The van der Waals surface area contributed by atoms with Crippen LogP contribution in [0.15, 0.2) is 30.3 Å². The second kappa shape index (κ2) is 6.52. The summed E-state index contributed by atoms with van der Waals surface area (Å²) in [5.41, 5.74) is 0.813. The molecule has 0 spiro atoms. The lowest BCUT2D eigenvalue weighted by Crippen LogP contribution is -2.38. The fraction of sp³-hybridized carbons (Fsp3) is 0.467. The van der Waals surface area contributed by atoms with E-state index in [0.717, 1.165) is 12.0 Å². The quantitative estimate of drug-likeness (QED) is 0.758. The van der Waals surface area contributed by atoms with Crippen LogP contribution >= 0.6 is 0 Å². The highest BCUT2D eigenvalue weighted by Gasteiger charge is 2.38. The van der Waals surface area contributed by atoms with Crippen LogP contribution < -0.4 is 5.32 Å². The molecule has 5 nitrogen and oxygen atoms in total. The predicted molar refractivity (Wildman–Crippen MR) is 72.9 cm³/mol. The monoisotopic (exact) mass is 277 g/mol. The second-order valence-electron chi connectivity index (χ2n) is 5.14. The molecule has 0 heterocycles. The number of aliphatic hydroxyl groups is 1. The lowest BCUT2D eigenvalue weighted by Gasteiger charge is -2.21. The maximum absolute atomic E-state index is 12.2. The topological polar surface area (TPSA) is 86.6 Å². The smallest absolute Gasteiger partial charge is 0.307 e. The largest absolute Gasteiger partial charge is 0.481 e. The summed E-state index contributed by atoms with van der Waals surface area (Å²) in [7, 11) is 0. The second-order valence-corrected chi connectivity index (χ2v) is 5.14. The zero-order valence-corrected chi connectivity index (χ0v) is 11.2. The van der Waals surface area contributed by atoms with Gasteiger partial charge in [0, 0.05) is 0 Å². The Bertz CT molecular complexity index is 474. The molecular weight excluding hydrogens is 258 g/mol. The van der Waals surface area contributed by atoms with Gasteiger partial charge in [0.15, 0.2) is 0 Å². The molecule has 20 heavy (non-hydrogen) atoms. The van der Waals surface area contributed by atoms with E-state index in [4.69, 9.17) is 5.11 Å². The van der Waals surface area contributed by atoms with Crippen molar-refractivity contribution in [3.63, 3.8) is 0 Å². The van der Waals surface area contributed by atoms with Gasteiger partial charge in [-0.05, 0) is 18.4 Å². The highest BCUT2D eigenvalue weighted by molar-refractivity contribution is 5.85. The molecule has 0 radical (unpaired) electrons. The van der Waals surface area contributed by atoms with E-state index in [0.29, 0.717) is 12.8 Å². The number of carboxylic acid groups (broad SMARTS) is 1. The van der Waals surface area contributed by atoms with E-state index in [1.54, 1.807) is 0 Å². The molecule has 1 aliphatic carbocycles. The minimum atomic E-state index is -0.914. The van der Waals surface area contributed by atoms with Crippen LogP contribution in [0.4, 0.5) is 0 Å². The number of rotatable bonds is 5. The van der Waals surface area contributed by atoms with Crippen LogP contribution in [0, 0.1) is 11.8 Å². The number of hydrogen-bond donors (Lipinski definition) is 3. The van der Waals surface area contributed by atoms with Gasteiger partial charge in [0.1, 0.15) is 0 Å². The minimum absolute atomic E-state index is 0.208. The van der Waals surface area contributed by atoms with Crippen molar-refractivity contribution in [2.45, 2.75) is 25.3 Å². The lowest BCUT2D eigenvalue weighted by molar-refractivity contribution is -0.146. The predicted octanol–water partition coefficient (Wildman–Crippen LogP) is 1.34. The van der Waals surface area contributed by atoms with Crippen LogP contribution in [0.2, 0.25) is 0 Å². The average Bonchev–Trinajstić information content (AvgIpc) is 2.95. The molecule has 0 aliphatic heterocycles. The van der Waals surface area contributed by atoms with Gasteiger partial charge >= 0.3 is 5.97 Å². The van der Waals surface area contributed by atoms with E-state index < -0.39 is 23.8 Å². The van der Waals surface area contributed by atoms with Crippen molar-refractivity contribution in [3.8, 4) is 0 Å². The maximum atomic E-state index is 12.2. The van der Waals surface area contributed by atoms with E-state index in [1.165, 1.54) is 0 Å². The fourth-order valence-electron chi connectivity index (χ4n) is 2.77. The average molecular weight is 277 g/mol. The first-order valence-electron chi connectivity index (χ1n) is 6.82. The molecule has 1 fully saturated rings. The summed E-state index contributed by atoms with van der Waals surface area (Å²) in [6, 6.07) is 8.69. The molecule has 1 amide bonds. The van der Waals surface area contributed by atoms with Gasteiger partial charge in [0.25, 0.3) is 0 Å². The van der Waals surface area contributed by atoms with Crippen LogP contribution in [0.1, 0.15) is 30.9 Å². The van der Waals surface area contributed by atoms with Crippen molar-refractivity contribution >= 4 is 11.9 Å². The van der Waals surface area contributed by atoms with E-state index in [1.807, 2.05) is 30.3 Å². The van der Waals surface area contributed by atoms with Crippen LogP contribution in [-0.4, -0.2) is 28.7 Å². The molecule has 1 aliphatic rings. The third kappa shape index (κ3) is 3.17. The Labute approximate surface area is 117 Å². The van der Waals surface area contributed by atoms with E-state index >= 15 is 0 Å². The fourth-order valence-corrected chi connectivity index (χ4v) is 2.77. The first kappa shape index (κ1) is 14.5. The Morgan fingerprint density at radius 3 is 2.45 bits per heavy atom. The highest BCUT2D eigenvalue weighted by atomic mass is 16.4. The molecule has 1 aromatic rings. The number of benzene rings is 1. The molecule has 1 aromatic carbocycles. The molecular formula is C15H19NO4. The Kier molecular flexibility index (Phi) is 4.74. The van der Waals surface area contributed by atoms with Crippen molar-refractivity contribution in [2.75, 3.05) is 6.61 Å². The summed E-state index contributed by atoms with van der Waals surface area (Å²) < 4.78 is 0. The molecule has 3 atom stereocenters. The van der Waals surface area contributed by atoms with Gasteiger partial charge < -0.3 is 15.5 Å². The number of carbonyl (C=O) groups is 2. The van der Waals surface area contributed by atoms with Gasteiger partial charge in [-0.25, -0.2) is 0 Å². The van der Waals surface area contributed by atoms with Gasteiger partial charge in [-0.3, -0.25) is 9.59 Å². The number of aliphatic hydroxyl groups excluding tert-OH is 1. The molecule has 5 heteroatoms.